The summed E-state index contributed by atoms with van der Waals surface area (Å²) in [4.78, 5) is 36.0. The molecule has 3 heterocycles. The lowest BCUT2D eigenvalue weighted by atomic mass is 10.2. The van der Waals surface area contributed by atoms with Gasteiger partial charge in [-0.1, -0.05) is 11.6 Å². The fourth-order valence-corrected chi connectivity index (χ4v) is 3.05. The predicted octanol–water partition coefficient (Wildman–Crippen LogP) is 3.51. The molecule has 1 aliphatic heterocycles. The third kappa shape index (κ3) is 5.41. The Morgan fingerprint density at radius 1 is 1.23 bits per heavy atom. The number of hydrogen-bond acceptors (Lipinski definition) is 8. The number of carbonyl (C=O) groups excluding carboxylic acids is 2. The van der Waals surface area contributed by atoms with Gasteiger partial charge in [0.1, 0.15) is 10.8 Å². The van der Waals surface area contributed by atoms with Crippen LogP contribution in [0.15, 0.2) is 16.6 Å². The van der Waals surface area contributed by atoms with Crippen LogP contribution in [0.25, 0.3) is 17.3 Å². The van der Waals surface area contributed by atoms with Crippen molar-refractivity contribution < 1.29 is 23.5 Å². The lowest BCUT2D eigenvalue weighted by molar-refractivity contribution is -0.137. The maximum absolute atomic E-state index is 12.2. The lowest BCUT2D eigenvalue weighted by Gasteiger charge is -2.34. The van der Waals surface area contributed by atoms with E-state index in [-0.39, 0.29) is 11.2 Å². The molecule has 3 rings (SSSR count). The number of halogens is 1. The fourth-order valence-electron chi connectivity index (χ4n) is 2.85. The molecule has 2 aromatic rings. The fraction of sp³-hybridized carbons (Fsp3) is 0.500. The molecular formula is C20H25ClN4O5. The average molecular weight is 437 g/mol. The van der Waals surface area contributed by atoms with Gasteiger partial charge in [-0.3, -0.25) is 0 Å². The number of aromatic nitrogens is 2. The first-order valence-electron chi connectivity index (χ1n) is 9.71. The Labute approximate surface area is 179 Å². The number of hydrogen-bond donors (Lipinski definition) is 0. The van der Waals surface area contributed by atoms with E-state index in [2.05, 4.69) is 9.97 Å². The molecular weight excluding hydrogens is 412 g/mol. The van der Waals surface area contributed by atoms with Crippen LogP contribution in [0.4, 0.5) is 10.8 Å². The van der Waals surface area contributed by atoms with Gasteiger partial charge >= 0.3 is 12.1 Å². The van der Waals surface area contributed by atoms with Crippen LogP contribution >= 0.6 is 11.6 Å². The van der Waals surface area contributed by atoms with Crippen molar-refractivity contribution in [2.75, 3.05) is 37.7 Å². The van der Waals surface area contributed by atoms with Crippen LogP contribution in [-0.4, -0.2) is 65.3 Å². The summed E-state index contributed by atoms with van der Waals surface area (Å²) in [5.41, 5.74) is 0.818. The minimum Gasteiger partial charge on any atom is -0.463 e. The maximum atomic E-state index is 12.2. The van der Waals surface area contributed by atoms with Gasteiger partial charge in [-0.2, -0.15) is 4.98 Å². The number of oxazole rings is 1. The second-order valence-corrected chi connectivity index (χ2v) is 8.08. The molecule has 0 N–H and O–H groups in total. The Balaban J connectivity index is 1.69. The van der Waals surface area contributed by atoms with E-state index in [9.17, 15) is 9.59 Å². The van der Waals surface area contributed by atoms with Crippen molar-refractivity contribution in [2.45, 2.75) is 33.3 Å². The molecule has 0 saturated carbocycles. The Morgan fingerprint density at radius 3 is 2.57 bits per heavy atom. The highest BCUT2D eigenvalue weighted by atomic mass is 35.5. The highest BCUT2D eigenvalue weighted by Gasteiger charge is 2.27. The van der Waals surface area contributed by atoms with Crippen LogP contribution < -0.4 is 4.90 Å². The van der Waals surface area contributed by atoms with Crippen molar-refractivity contribution in [1.82, 2.24) is 14.9 Å². The van der Waals surface area contributed by atoms with Gasteiger partial charge in [0.25, 0.3) is 6.01 Å². The molecule has 1 amide bonds. The van der Waals surface area contributed by atoms with E-state index in [1.165, 1.54) is 12.2 Å². The van der Waals surface area contributed by atoms with Gasteiger partial charge in [0, 0.05) is 37.8 Å². The molecule has 0 atom stereocenters. The van der Waals surface area contributed by atoms with Gasteiger partial charge in [0.2, 0.25) is 5.65 Å². The monoisotopic (exact) mass is 436 g/mol. The van der Waals surface area contributed by atoms with Crippen molar-refractivity contribution in [1.29, 1.82) is 0 Å². The Morgan fingerprint density at radius 2 is 1.93 bits per heavy atom. The molecule has 1 saturated heterocycles. The second kappa shape index (κ2) is 8.91. The van der Waals surface area contributed by atoms with E-state index >= 15 is 0 Å². The highest BCUT2D eigenvalue weighted by Crippen LogP contribution is 2.26. The van der Waals surface area contributed by atoms with Crippen LogP contribution in [0.1, 0.15) is 33.3 Å². The largest absolute Gasteiger partial charge is 0.463 e. The highest BCUT2D eigenvalue weighted by molar-refractivity contribution is 6.31. The molecule has 2 aromatic heterocycles. The summed E-state index contributed by atoms with van der Waals surface area (Å²) in [5.74, 6) is -0.463. The van der Waals surface area contributed by atoms with Gasteiger partial charge in [0.15, 0.2) is 5.58 Å². The zero-order valence-electron chi connectivity index (χ0n) is 17.5. The number of pyridine rings is 1. The Bertz CT molecular complexity index is 958. The van der Waals surface area contributed by atoms with Gasteiger partial charge in [-0.15, -0.1) is 0 Å². The third-order valence-corrected chi connectivity index (χ3v) is 4.54. The molecule has 0 unspecified atom stereocenters. The zero-order chi connectivity index (χ0) is 21.9. The van der Waals surface area contributed by atoms with Crippen LogP contribution in [0.5, 0.6) is 0 Å². The summed E-state index contributed by atoms with van der Waals surface area (Å²) < 4.78 is 16.1. The van der Waals surface area contributed by atoms with E-state index < -0.39 is 11.6 Å². The van der Waals surface area contributed by atoms with Crippen molar-refractivity contribution >= 4 is 47.0 Å². The quantitative estimate of drug-likeness (QED) is 0.408. The normalized spacial score (nSPS) is 15.1. The van der Waals surface area contributed by atoms with E-state index in [1.807, 2.05) is 25.7 Å². The summed E-state index contributed by atoms with van der Waals surface area (Å²) >= 11 is 6.20. The number of rotatable bonds is 4. The number of esters is 1. The summed E-state index contributed by atoms with van der Waals surface area (Å²) in [6.45, 7) is 9.64. The maximum Gasteiger partial charge on any atom is 0.410 e. The topological polar surface area (TPSA) is 98.0 Å². The molecule has 1 fully saturated rings. The molecule has 9 nitrogen and oxygen atoms in total. The lowest BCUT2D eigenvalue weighted by Crippen LogP contribution is -2.50. The van der Waals surface area contributed by atoms with Crippen LogP contribution in [0, 0.1) is 0 Å². The number of nitrogens with zero attached hydrogens (tertiary/aromatic N) is 4. The van der Waals surface area contributed by atoms with Crippen molar-refractivity contribution in [2.24, 2.45) is 0 Å². The molecule has 0 aromatic carbocycles. The summed E-state index contributed by atoms with van der Waals surface area (Å²) in [7, 11) is 0. The summed E-state index contributed by atoms with van der Waals surface area (Å²) in [5, 5.41) is 0.206. The van der Waals surface area contributed by atoms with Crippen molar-refractivity contribution in [3.8, 4) is 0 Å². The first-order valence-corrected chi connectivity index (χ1v) is 10.1. The summed E-state index contributed by atoms with van der Waals surface area (Å²) in [6.07, 6.45) is 2.48. The minimum atomic E-state index is -0.529. The summed E-state index contributed by atoms with van der Waals surface area (Å²) in [6, 6.07) is 2.08. The number of amides is 1. The van der Waals surface area contributed by atoms with Gasteiger partial charge in [-0.25, -0.2) is 14.6 Å². The number of anilines is 1. The molecule has 30 heavy (non-hydrogen) atoms. The smallest absolute Gasteiger partial charge is 0.410 e. The Hall–Kier alpha value is -2.81. The van der Waals surface area contributed by atoms with Crippen LogP contribution in [0.2, 0.25) is 5.15 Å². The minimum absolute atomic E-state index is 0.206. The van der Waals surface area contributed by atoms with Crippen LogP contribution in [0.3, 0.4) is 0 Å². The predicted molar refractivity (Wildman–Crippen MR) is 113 cm³/mol. The number of fused-ring (bicyclic) bond motifs is 1. The molecule has 0 radical (unpaired) electrons. The first-order chi connectivity index (χ1) is 14.2. The van der Waals surface area contributed by atoms with E-state index in [1.54, 1.807) is 17.9 Å². The van der Waals surface area contributed by atoms with Crippen molar-refractivity contribution in [3.63, 3.8) is 0 Å². The molecule has 1 aliphatic rings. The standard InChI is InChI=1S/C20H25ClN4O5/c1-5-28-15(26)7-6-13-12-14-17(22-16(13)21)23-18(29-14)24-8-10-25(11-9-24)19(27)30-20(2,3)4/h6-7,12H,5,8-11H2,1-4H3/b7-6+. The van der Waals surface area contributed by atoms with Gasteiger partial charge < -0.3 is 23.7 Å². The number of carbonyl (C=O) groups is 2. The van der Waals surface area contributed by atoms with E-state index in [4.69, 9.17) is 25.5 Å². The molecule has 162 valence electrons. The first kappa shape index (κ1) is 21.9. The molecule has 0 aliphatic carbocycles. The van der Waals surface area contributed by atoms with Crippen LogP contribution in [-0.2, 0) is 14.3 Å². The zero-order valence-corrected chi connectivity index (χ0v) is 18.2. The Kier molecular flexibility index (Phi) is 6.50. The number of ether oxygens (including phenoxy) is 2. The molecule has 0 bridgehead atoms. The third-order valence-electron chi connectivity index (χ3n) is 4.24. The average Bonchev–Trinajstić information content (AvgIpc) is 3.08. The van der Waals surface area contributed by atoms with E-state index in [0.29, 0.717) is 55.6 Å². The SMILES string of the molecule is CCOC(=O)/C=C/c1cc2oc(N3CCN(C(=O)OC(C)(C)C)CC3)nc2nc1Cl. The van der Waals surface area contributed by atoms with E-state index in [0.717, 1.165) is 0 Å². The van der Waals surface area contributed by atoms with Crippen molar-refractivity contribution in [3.05, 3.63) is 22.9 Å². The van der Waals surface area contributed by atoms with Gasteiger partial charge in [-0.05, 0) is 39.8 Å². The van der Waals surface area contributed by atoms with Gasteiger partial charge in [0.05, 0.1) is 6.61 Å². The molecule has 0 spiro atoms. The second-order valence-electron chi connectivity index (χ2n) is 7.73. The molecule has 10 heteroatoms. The number of piperazine rings is 1.